The number of rotatable bonds is 6. The van der Waals surface area contributed by atoms with Crippen molar-refractivity contribution in [2.24, 2.45) is 0 Å². The maximum atomic E-state index is 11.0. The third-order valence-corrected chi connectivity index (χ3v) is 2.97. The quantitative estimate of drug-likeness (QED) is 0.484. The van der Waals surface area contributed by atoms with Crippen LogP contribution in [-0.2, 0) is 17.8 Å². The second-order valence-corrected chi connectivity index (χ2v) is 4.57. The smallest absolute Gasteiger partial charge is 0.269 e. The molecular formula is C15H14N2O5. The minimum absolute atomic E-state index is 0.0373. The van der Waals surface area contributed by atoms with Crippen molar-refractivity contribution in [1.29, 1.82) is 0 Å². The van der Waals surface area contributed by atoms with E-state index in [2.05, 4.69) is 0 Å². The molecular weight excluding hydrogens is 288 g/mol. The van der Waals surface area contributed by atoms with Gasteiger partial charge in [-0.1, -0.05) is 12.1 Å². The minimum Gasteiger partial charge on any atom is -0.489 e. The van der Waals surface area contributed by atoms with E-state index < -0.39 is 10.8 Å². The summed E-state index contributed by atoms with van der Waals surface area (Å²) in [5.41, 5.74) is 3.17. The van der Waals surface area contributed by atoms with Crippen LogP contribution in [0.4, 0.5) is 5.69 Å². The van der Waals surface area contributed by atoms with Crippen molar-refractivity contribution in [1.82, 2.24) is 5.48 Å². The van der Waals surface area contributed by atoms with Crippen LogP contribution in [0.15, 0.2) is 48.5 Å². The number of nitrogens with zero attached hydrogens (tertiary/aromatic N) is 1. The molecule has 2 rings (SSSR count). The Hall–Kier alpha value is -2.93. The zero-order chi connectivity index (χ0) is 15.9. The third-order valence-electron chi connectivity index (χ3n) is 2.97. The summed E-state index contributed by atoms with van der Waals surface area (Å²) >= 11 is 0. The molecule has 2 aromatic carbocycles. The number of hydroxylamine groups is 1. The van der Waals surface area contributed by atoms with Crippen molar-refractivity contribution in [3.8, 4) is 5.75 Å². The van der Waals surface area contributed by atoms with Crippen molar-refractivity contribution in [2.45, 2.75) is 13.0 Å². The molecule has 7 nitrogen and oxygen atoms in total. The molecule has 2 N–H and O–H groups in total. The highest BCUT2D eigenvalue weighted by atomic mass is 16.6. The van der Waals surface area contributed by atoms with E-state index in [-0.39, 0.29) is 18.7 Å². The SMILES string of the molecule is O=C(Cc1ccc(OCc2ccc([N+](=O)[O-])cc2)cc1)NO. The Balaban J connectivity index is 1.91. The predicted octanol–water partition coefficient (Wildman–Crippen LogP) is 2.22. The number of carbonyl (C=O) groups is 1. The van der Waals surface area contributed by atoms with Crippen molar-refractivity contribution in [2.75, 3.05) is 0 Å². The van der Waals surface area contributed by atoms with Gasteiger partial charge in [0.05, 0.1) is 11.3 Å². The number of non-ortho nitro benzene ring substituents is 1. The third kappa shape index (κ3) is 4.29. The Bertz CT molecular complexity index is 653. The minimum atomic E-state index is -0.487. The lowest BCUT2D eigenvalue weighted by atomic mass is 10.1. The maximum absolute atomic E-state index is 11.0. The van der Waals surface area contributed by atoms with Gasteiger partial charge in [0.25, 0.3) is 5.69 Å². The van der Waals surface area contributed by atoms with E-state index in [9.17, 15) is 14.9 Å². The van der Waals surface area contributed by atoms with Crippen LogP contribution in [0.25, 0.3) is 0 Å². The molecule has 0 atom stereocenters. The fraction of sp³-hybridized carbons (Fsp3) is 0.133. The van der Waals surface area contributed by atoms with E-state index in [4.69, 9.17) is 9.94 Å². The highest BCUT2D eigenvalue weighted by Crippen LogP contribution is 2.16. The van der Waals surface area contributed by atoms with E-state index in [1.807, 2.05) is 0 Å². The number of nitro benzene ring substituents is 1. The Kier molecular flexibility index (Phi) is 5.05. The van der Waals surface area contributed by atoms with Gasteiger partial charge in [0.15, 0.2) is 0 Å². The zero-order valence-electron chi connectivity index (χ0n) is 11.6. The van der Waals surface area contributed by atoms with Crippen molar-refractivity contribution in [3.63, 3.8) is 0 Å². The molecule has 0 aliphatic rings. The fourth-order valence-electron chi connectivity index (χ4n) is 1.81. The first-order valence-corrected chi connectivity index (χ1v) is 6.46. The number of benzene rings is 2. The monoisotopic (exact) mass is 302 g/mol. The summed E-state index contributed by atoms with van der Waals surface area (Å²) in [6, 6.07) is 13.0. The Morgan fingerprint density at radius 1 is 1.09 bits per heavy atom. The predicted molar refractivity (Wildman–Crippen MR) is 77.5 cm³/mol. The molecule has 7 heteroatoms. The molecule has 114 valence electrons. The number of nitro groups is 1. The van der Waals surface area contributed by atoms with E-state index in [0.717, 1.165) is 11.1 Å². The summed E-state index contributed by atoms with van der Waals surface area (Å²) in [6.07, 6.45) is 0.0825. The molecule has 0 saturated heterocycles. The van der Waals surface area contributed by atoms with E-state index >= 15 is 0 Å². The zero-order valence-corrected chi connectivity index (χ0v) is 11.6. The number of ether oxygens (including phenoxy) is 1. The van der Waals surface area contributed by atoms with Crippen molar-refractivity contribution >= 4 is 11.6 Å². The number of nitrogens with one attached hydrogen (secondary N) is 1. The van der Waals surface area contributed by atoms with Crippen LogP contribution in [0.2, 0.25) is 0 Å². The van der Waals surface area contributed by atoms with Gasteiger partial charge in [0.1, 0.15) is 12.4 Å². The molecule has 0 aliphatic carbocycles. The van der Waals surface area contributed by atoms with Crippen molar-refractivity contribution < 1.29 is 19.7 Å². The number of hydrogen-bond donors (Lipinski definition) is 2. The molecule has 0 aliphatic heterocycles. The van der Waals surface area contributed by atoms with Crippen LogP contribution in [0.5, 0.6) is 5.75 Å². The van der Waals surface area contributed by atoms with Gasteiger partial charge in [-0.2, -0.15) is 0 Å². The van der Waals surface area contributed by atoms with Gasteiger partial charge < -0.3 is 4.74 Å². The molecule has 0 heterocycles. The number of amides is 1. The lowest BCUT2D eigenvalue weighted by Gasteiger charge is -2.07. The van der Waals surface area contributed by atoms with Gasteiger partial charge in [-0.25, -0.2) is 5.48 Å². The Labute approximate surface area is 126 Å². The molecule has 1 amide bonds. The standard InChI is InChI=1S/C15H14N2O5/c18-15(16-19)9-11-3-7-14(8-4-11)22-10-12-1-5-13(6-2-12)17(20)21/h1-8,19H,9-10H2,(H,16,18). The maximum Gasteiger partial charge on any atom is 0.269 e. The lowest BCUT2D eigenvalue weighted by molar-refractivity contribution is -0.384. The second kappa shape index (κ2) is 7.19. The molecule has 0 radical (unpaired) electrons. The van der Waals surface area contributed by atoms with E-state index in [1.54, 1.807) is 41.9 Å². The first kappa shape index (κ1) is 15.5. The van der Waals surface area contributed by atoms with Crippen molar-refractivity contribution in [3.05, 3.63) is 69.8 Å². The van der Waals surface area contributed by atoms with Crippen LogP contribution < -0.4 is 10.2 Å². The summed E-state index contributed by atoms with van der Waals surface area (Å²) in [6.45, 7) is 0.286. The van der Waals surface area contributed by atoms with Crippen LogP contribution >= 0.6 is 0 Å². The second-order valence-electron chi connectivity index (χ2n) is 4.57. The molecule has 0 saturated carbocycles. The normalized spacial score (nSPS) is 10.0. The Morgan fingerprint density at radius 3 is 2.23 bits per heavy atom. The number of carbonyl (C=O) groups excluding carboxylic acids is 1. The molecule has 2 aromatic rings. The van der Waals surface area contributed by atoms with Crippen LogP contribution in [0.3, 0.4) is 0 Å². The topological polar surface area (TPSA) is 102 Å². The summed E-state index contributed by atoms with van der Waals surface area (Å²) in [7, 11) is 0. The molecule has 0 bridgehead atoms. The lowest BCUT2D eigenvalue weighted by Crippen LogP contribution is -2.20. The van der Waals surface area contributed by atoms with Gasteiger partial charge in [-0.3, -0.25) is 20.1 Å². The summed E-state index contributed by atoms with van der Waals surface area (Å²) in [5.74, 6) is 0.131. The highest BCUT2D eigenvalue weighted by molar-refractivity contribution is 5.77. The van der Waals surface area contributed by atoms with Crippen LogP contribution in [0.1, 0.15) is 11.1 Å². The fourth-order valence-corrected chi connectivity index (χ4v) is 1.81. The summed E-state index contributed by atoms with van der Waals surface area (Å²) in [4.78, 5) is 21.1. The molecule has 0 spiro atoms. The molecule has 0 unspecified atom stereocenters. The molecule has 0 aromatic heterocycles. The average molecular weight is 302 g/mol. The van der Waals surface area contributed by atoms with Gasteiger partial charge in [0, 0.05) is 12.1 Å². The van der Waals surface area contributed by atoms with Gasteiger partial charge in [-0.15, -0.1) is 0 Å². The highest BCUT2D eigenvalue weighted by Gasteiger charge is 2.05. The Morgan fingerprint density at radius 2 is 1.68 bits per heavy atom. The van der Waals surface area contributed by atoms with Gasteiger partial charge in [0.2, 0.25) is 5.91 Å². The van der Waals surface area contributed by atoms with Gasteiger partial charge in [-0.05, 0) is 35.4 Å². The first-order chi connectivity index (χ1) is 10.6. The van der Waals surface area contributed by atoms with E-state index in [1.165, 1.54) is 12.1 Å². The van der Waals surface area contributed by atoms with E-state index in [0.29, 0.717) is 5.75 Å². The summed E-state index contributed by atoms with van der Waals surface area (Å²) < 4.78 is 5.56. The molecule has 22 heavy (non-hydrogen) atoms. The number of hydrogen-bond acceptors (Lipinski definition) is 5. The molecule has 0 fully saturated rings. The van der Waals surface area contributed by atoms with Crippen LogP contribution in [0, 0.1) is 10.1 Å². The average Bonchev–Trinajstić information content (AvgIpc) is 2.54. The van der Waals surface area contributed by atoms with Gasteiger partial charge >= 0.3 is 0 Å². The first-order valence-electron chi connectivity index (χ1n) is 6.46. The largest absolute Gasteiger partial charge is 0.489 e. The summed E-state index contributed by atoms with van der Waals surface area (Å²) in [5, 5.41) is 19.0. The van der Waals surface area contributed by atoms with Crippen LogP contribution in [-0.4, -0.2) is 16.0 Å².